The predicted octanol–water partition coefficient (Wildman–Crippen LogP) is 3.39. The molecule has 2 amide bonds. The molecule has 0 fully saturated rings. The van der Waals surface area contributed by atoms with E-state index in [1.54, 1.807) is 47.0 Å². The summed E-state index contributed by atoms with van der Waals surface area (Å²) in [7, 11) is 0. The van der Waals surface area contributed by atoms with E-state index in [9.17, 15) is 19.7 Å². The maximum absolute atomic E-state index is 12.5. The number of aromatic nitrogens is 3. The lowest BCUT2D eigenvalue weighted by Crippen LogP contribution is -2.29. The number of nitrogens with zero attached hydrogens (tertiary/aromatic N) is 5. The Morgan fingerprint density at radius 3 is 2.23 bits per heavy atom. The van der Waals surface area contributed by atoms with Crippen LogP contribution in [0.25, 0.3) is 11.4 Å². The summed E-state index contributed by atoms with van der Waals surface area (Å²) in [6, 6.07) is 12.7. The first kappa shape index (κ1) is 19.5. The van der Waals surface area contributed by atoms with Gasteiger partial charge in [0.05, 0.1) is 21.9 Å². The van der Waals surface area contributed by atoms with E-state index in [-0.39, 0.29) is 23.4 Å². The Balaban J connectivity index is 1.57. The lowest BCUT2D eigenvalue weighted by molar-refractivity contribution is -0.384. The van der Waals surface area contributed by atoms with Crippen LogP contribution >= 0.6 is 11.8 Å². The van der Waals surface area contributed by atoms with Crippen molar-refractivity contribution >= 4 is 29.3 Å². The fourth-order valence-electron chi connectivity index (χ4n) is 3.11. The van der Waals surface area contributed by atoms with E-state index in [2.05, 4.69) is 16.8 Å². The van der Waals surface area contributed by atoms with Crippen LogP contribution in [0.5, 0.6) is 0 Å². The minimum absolute atomic E-state index is 0.0197. The van der Waals surface area contributed by atoms with Gasteiger partial charge in [0.25, 0.3) is 17.5 Å². The number of thioether (sulfide) groups is 1. The minimum atomic E-state index is -0.471. The summed E-state index contributed by atoms with van der Waals surface area (Å²) < 4.78 is 1.77. The molecule has 1 aromatic heterocycles. The summed E-state index contributed by atoms with van der Waals surface area (Å²) in [5.74, 6) is -0.0846. The monoisotopic (exact) mass is 421 g/mol. The standard InChI is InChI=1S/C20H15N5O4S/c1-2-11-23-17(13-7-9-14(10-8-13)25(28)29)21-22-20(23)30-12-24-18(26)15-5-3-4-6-16(15)19(24)27/h2-10H,1,11-12H2. The van der Waals surface area contributed by atoms with Crippen LogP contribution in [0.4, 0.5) is 5.69 Å². The van der Waals surface area contributed by atoms with Gasteiger partial charge >= 0.3 is 0 Å². The Kier molecular flexibility index (Phi) is 5.15. The minimum Gasteiger partial charge on any atom is -0.298 e. The summed E-state index contributed by atoms with van der Waals surface area (Å²) >= 11 is 1.20. The zero-order valence-corrected chi connectivity index (χ0v) is 16.4. The van der Waals surface area contributed by atoms with Crippen LogP contribution < -0.4 is 0 Å². The number of allylic oxidation sites excluding steroid dienone is 1. The highest BCUT2D eigenvalue weighted by molar-refractivity contribution is 7.99. The number of nitro groups is 1. The van der Waals surface area contributed by atoms with Crippen molar-refractivity contribution in [2.45, 2.75) is 11.7 Å². The average Bonchev–Trinajstić information content (AvgIpc) is 3.26. The van der Waals surface area contributed by atoms with Gasteiger partial charge in [-0.15, -0.1) is 16.8 Å². The van der Waals surface area contributed by atoms with Gasteiger partial charge in [-0.3, -0.25) is 29.2 Å². The number of carbonyl (C=O) groups is 2. The highest BCUT2D eigenvalue weighted by atomic mass is 32.2. The number of rotatable bonds is 7. The Bertz CT molecular complexity index is 1140. The Labute approximate surface area is 175 Å². The van der Waals surface area contributed by atoms with Gasteiger partial charge in [-0.2, -0.15) is 0 Å². The van der Waals surface area contributed by atoms with Crippen LogP contribution in [0.15, 0.2) is 66.3 Å². The molecule has 0 saturated carbocycles. The van der Waals surface area contributed by atoms with E-state index in [4.69, 9.17) is 0 Å². The van der Waals surface area contributed by atoms with Crippen molar-refractivity contribution in [2.24, 2.45) is 0 Å². The lowest BCUT2D eigenvalue weighted by Gasteiger charge is -2.13. The molecule has 0 radical (unpaired) electrons. The molecular weight excluding hydrogens is 406 g/mol. The summed E-state index contributed by atoms with van der Waals surface area (Å²) in [4.78, 5) is 36.6. The van der Waals surface area contributed by atoms with Gasteiger partial charge in [-0.25, -0.2) is 0 Å². The predicted molar refractivity (Wildman–Crippen MR) is 110 cm³/mol. The first-order valence-corrected chi connectivity index (χ1v) is 9.86. The van der Waals surface area contributed by atoms with E-state index in [1.807, 2.05) is 0 Å². The summed E-state index contributed by atoms with van der Waals surface area (Å²) in [5.41, 5.74) is 1.42. The van der Waals surface area contributed by atoms with Crippen molar-refractivity contribution in [2.75, 3.05) is 5.88 Å². The number of non-ortho nitro benzene ring substituents is 1. The van der Waals surface area contributed by atoms with Crippen molar-refractivity contribution in [1.82, 2.24) is 19.7 Å². The summed E-state index contributed by atoms with van der Waals surface area (Å²) in [5, 5.41) is 19.7. The van der Waals surface area contributed by atoms with E-state index in [1.165, 1.54) is 28.8 Å². The molecule has 150 valence electrons. The highest BCUT2D eigenvalue weighted by Gasteiger charge is 2.35. The normalized spacial score (nSPS) is 12.9. The third kappa shape index (κ3) is 3.37. The van der Waals surface area contributed by atoms with E-state index < -0.39 is 4.92 Å². The molecule has 2 aromatic carbocycles. The number of benzene rings is 2. The fraction of sp³-hybridized carbons (Fsp3) is 0.100. The zero-order chi connectivity index (χ0) is 21.3. The third-order valence-electron chi connectivity index (χ3n) is 4.57. The molecular formula is C20H15N5O4S. The fourth-order valence-corrected chi connectivity index (χ4v) is 4.01. The molecule has 0 N–H and O–H groups in total. The van der Waals surface area contributed by atoms with Crippen molar-refractivity contribution in [1.29, 1.82) is 0 Å². The molecule has 2 heterocycles. The molecule has 0 spiro atoms. The van der Waals surface area contributed by atoms with Gasteiger partial charge in [-0.05, 0) is 24.3 Å². The van der Waals surface area contributed by atoms with Crippen LogP contribution in [0.2, 0.25) is 0 Å². The van der Waals surface area contributed by atoms with Gasteiger partial charge in [-0.1, -0.05) is 30.0 Å². The highest BCUT2D eigenvalue weighted by Crippen LogP contribution is 2.29. The SMILES string of the molecule is C=CCn1c(SCN2C(=O)c3ccccc3C2=O)nnc1-c1ccc([N+](=O)[O-])cc1. The number of hydrogen-bond donors (Lipinski definition) is 0. The largest absolute Gasteiger partial charge is 0.298 e. The van der Waals surface area contributed by atoms with Crippen molar-refractivity contribution in [3.05, 3.63) is 82.4 Å². The summed E-state index contributed by atoms with van der Waals surface area (Å²) in [6.45, 7) is 4.14. The molecule has 30 heavy (non-hydrogen) atoms. The molecule has 0 bridgehead atoms. The number of imide groups is 1. The van der Waals surface area contributed by atoms with E-state index in [0.717, 1.165) is 0 Å². The van der Waals surface area contributed by atoms with Crippen molar-refractivity contribution < 1.29 is 14.5 Å². The van der Waals surface area contributed by atoms with Gasteiger partial charge in [0, 0.05) is 24.2 Å². The molecule has 0 aliphatic carbocycles. The molecule has 1 aliphatic heterocycles. The number of hydrogen-bond acceptors (Lipinski definition) is 7. The first-order chi connectivity index (χ1) is 14.5. The summed E-state index contributed by atoms with van der Waals surface area (Å²) in [6.07, 6.45) is 1.67. The van der Waals surface area contributed by atoms with Crippen LogP contribution in [0, 0.1) is 10.1 Å². The first-order valence-electron chi connectivity index (χ1n) is 8.88. The lowest BCUT2D eigenvalue weighted by atomic mass is 10.1. The second-order valence-corrected chi connectivity index (χ2v) is 7.28. The van der Waals surface area contributed by atoms with Gasteiger partial charge < -0.3 is 0 Å². The molecule has 9 nitrogen and oxygen atoms in total. The van der Waals surface area contributed by atoms with Crippen LogP contribution in [-0.4, -0.2) is 42.3 Å². The topological polar surface area (TPSA) is 111 Å². The Hall–Kier alpha value is -3.79. The van der Waals surface area contributed by atoms with Gasteiger partial charge in [0.2, 0.25) is 0 Å². The van der Waals surface area contributed by atoms with Gasteiger partial charge in [0.15, 0.2) is 11.0 Å². The van der Waals surface area contributed by atoms with Crippen LogP contribution in [0.3, 0.4) is 0 Å². The van der Waals surface area contributed by atoms with Gasteiger partial charge in [0.1, 0.15) is 0 Å². The Morgan fingerprint density at radius 2 is 1.67 bits per heavy atom. The molecule has 10 heteroatoms. The second-order valence-electron chi connectivity index (χ2n) is 6.37. The number of carbonyl (C=O) groups excluding carboxylic acids is 2. The third-order valence-corrected chi connectivity index (χ3v) is 5.51. The van der Waals surface area contributed by atoms with Crippen LogP contribution in [0.1, 0.15) is 20.7 Å². The molecule has 0 atom stereocenters. The van der Waals surface area contributed by atoms with Crippen molar-refractivity contribution in [3.63, 3.8) is 0 Å². The zero-order valence-electron chi connectivity index (χ0n) is 15.6. The van der Waals surface area contributed by atoms with E-state index in [0.29, 0.717) is 34.2 Å². The molecule has 0 saturated heterocycles. The number of fused-ring (bicyclic) bond motifs is 1. The average molecular weight is 421 g/mol. The quantitative estimate of drug-likeness (QED) is 0.189. The molecule has 3 aromatic rings. The molecule has 1 aliphatic rings. The van der Waals surface area contributed by atoms with Crippen molar-refractivity contribution in [3.8, 4) is 11.4 Å². The maximum Gasteiger partial charge on any atom is 0.269 e. The number of nitro benzene ring substituents is 1. The molecule has 4 rings (SSSR count). The second kappa shape index (κ2) is 7.91. The number of amides is 2. The smallest absolute Gasteiger partial charge is 0.269 e. The van der Waals surface area contributed by atoms with Crippen LogP contribution in [-0.2, 0) is 6.54 Å². The Morgan fingerprint density at radius 1 is 1.03 bits per heavy atom. The molecule has 0 unspecified atom stereocenters. The van der Waals surface area contributed by atoms with E-state index >= 15 is 0 Å². The maximum atomic E-state index is 12.5.